The van der Waals surface area contributed by atoms with Gasteiger partial charge in [0.2, 0.25) is 0 Å². The molecule has 0 saturated heterocycles. The minimum absolute atomic E-state index is 0.0357. The smallest absolute Gasteiger partial charge is 0.298 e. The van der Waals surface area contributed by atoms with Gasteiger partial charge >= 0.3 is 0 Å². The Balaban J connectivity index is 2.20. The first-order valence-corrected chi connectivity index (χ1v) is 6.94. The fourth-order valence-corrected chi connectivity index (χ4v) is 2.30. The maximum atomic E-state index is 11.2. The fraction of sp³-hybridized carbons (Fsp3) is 0.308. The highest BCUT2D eigenvalue weighted by molar-refractivity contribution is 7.07. The number of nitrogens with zero attached hydrogens (tertiary/aromatic N) is 2. The van der Waals surface area contributed by atoms with Crippen molar-refractivity contribution in [3.63, 3.8) is 0 Å². The third kappa shape index (κ3) is 3.30. The van der Waals surface area contributed by atoms with Gasteiger partial charge in [-0.25, -0.2) is 0 Å². The predicted molar refractivity (Wildman–Crippen MR) is 75.5 cm³/mol. The minimum atomic E-state index is -0.0357. The molecule has 0 N–H and O–H groups in total. The number of Topliss-reactive ketones (excluding diaryl/α,β-unsaturated/α-hetero) is 1. The van der Waals surface area contributed by atoms with E-state index >= 15 is 0 Å². The van der Waals surface area contributed by atoms with E-state index in [-0.39, 0.29) is 11.7 Å². The van der Waals surface area contributed by atoms with Gasteiger partial charge in [-0.05, 0) is 25.1 Å². The Kier molecular flexibility index (Phi) is 4.17. The number of rotatable bonds is 4. The fourth-order valence-electron chi connectivity index (χ4n) is 1.39. The highest BCUT2D eigenvalue weighted by Crippen LogP contribution is 2.31. The van der Waals surface area contributed by atoms with Gasteiger partial charge in [-0.15, -0.1) is 0 Å². The number of aromatic nitrogens is 2. The van der Waals surface area contributed by atoms with Gasteiger partial charge in [0.15, 0.2) is 5.78 Å². The summed E-state index contributed by atoms with van der Waals surface area (Å²) in [7, 11) is 0. The van der Waals surface area contributed by atoms with Crippen LogP contribution in [-0.4, -0.2) is 15.1 Å². The Morgan fingerprint density at radius 2 is 2.16 bits per heavy atom. The third-order valence-electron chi connectivity index (χ3n) is 2.48. The molecule has 2 aromatic rings. The average molecular weight is 297 g/mol. The lowest BCUT2D eigenvalue weighted by Gasteiger charge is -2.05. The molecule has 0 aliphatic rings. The molecule has 0 aliphatic carbocycles. The highest BCUT2D eigenvalue weighted by atomic mass is 35.5. The van der Waals surface area contributed by atoms with E-state index in [1.807, 2.05) is 13.8 Å². The summed E-state index contributed by atoms with van der Waals surface area (Å²) in [5.41, 5.74) is 0.553. The maximum absolute atomic E-state index is 11.2. The van der Waals surface area contributed by atoms with E-state index in [0.717, 1.165) is 5.82 Å². The van der Waals surface area contributed by atoms with Gasteiger partial charge in [0.1, 0.15) is 11.6 Å². The molecular formula is C13H13ClN2O2S. The molecule has 0 spiro atoms. The lowest BCUT2D eigenvalue weighted by molar-refractivity contribution is 0.101. The van der Waals surface area contributed by atoms with Gasteiger partial charge in [-0.1, -0.05) is 25.4 Å². The van der Waals surface area contributed by atoms with Crippen LogP contribution < -0.4 is 4.74 Å². The summed E-state index contributed by atoms with van der Waals surface area (Å²) in [5.74, 6) is 1.44. The number of carbonyl (C=O) groups is 1. The molecule has 0 aliphatic heterocycles. The zero-order valence-electron chi connectivity index (χ0n) is 10.8. The molecule has 1 aromatic carbocycles. The van der Waals surface area contributed by atoms with Gasteiger partial charge in [-0.3, -0.25) is 4.79 Å². The normalized spacial score (nSPS) is 10.8. The molecule has 0 amide bonds. The summed E-state index contributed by atoms with van der Waals surface area (Å²) >= 11 is 7.25. The highest BCUT2D eigenvalue weighted by Gasteiger charge is 2.12. The molecule has 0 atom stereocenters. The van der Waals surface area contributed by atoms with Crippen LogP contribution in [0.5, 0.6) is 10.9 Å². The molecule has 19 heavy (non-hydrogen) atoms. The number of hydrogen-bond donors (Lipinski definition) is 0. The minimum Gasteiger partial charge on any atom is -0.428 e. The Labute approximate surface area is 120 Å². The van der Waals surface area contributed by atoms with Crippen LogP contribution in [0.3, 0.4) is 0 Å². The molecule has 4 nitrogen and oxygen atoms in total. The van der Waals surface area contributed by atoms with Gasteiger partial charge in [0, 0.05) is 23.0 Å². The van der Waals surface area contributed by atoms with Crippen LogP contribution in [0, 0.1) is 0 Å². The first-order chi connectivity index (χ1) is 8.97. The number of hydrogen-bond acceptors (Lipinski definition) is 5. The van der Waals surface area contributed by atoms with E-state index in [0.29, 0.717) is 21.5 Å². The van der Waals surface area contributed by atoms with Gasteiger partial charge in [0.25, 0.3) is 5.19 Å². The van der Waals surface area contributed by atoms with Gasteiger partial charge in [-0.2, -0.15) is 9.36 Å². The van der Waals surface area contributed by atoms with E-state index in [4.69, 9.17) is 16.3 Å². The van der Waals surface area contributed by atoms with Crippen molar-refractivity contribution in [3.05, 3.63) is 34.6 Å². The zero-order chi connectivity index (χ0) is 14.0. The molecule has 2 rings (SSSR count). The average Bonchev–Trinajstić information content (AvgIpc) is 2.80. The van der Waals surface area contributed by atoms with Crippen molar-refractivity contribution in [2.45, 2.75) is 26.7 Å². The molecule has 0 bridgehead atoms. The van der Waals surface area contributed by atoms with Crippen LogP contribution >= 0.6 is 23.1 Å². The molecule has 1 heterocycles. The van der Waals surface area contributed by atoms with E-state index < -0.39 is 0 Å². The lowest BCUT2D eigenvalue weighted by Crippen LogP contribution is -1.93. The Bertz CT molecular complexity index is 610. The summed E-state index contributed by atoms with van der Waals surface area (Å²) in [5, 5.41) is 0.829. The van der Waals surface area contributed by atoms with Gasteiger partial charge in [0.05, 0.1) is 5.02 Å². The zero-order valence-corrected chi connectivity index (χ0v) is 12.4. The van der Waals surface area contributed by atoms with Crippen molar-refractivity contribution in [1.29, 1.82) is 0 Å². The van der Waals surface area contributed by atoms with E-state index in [9.17, 15) is 4.79 Å². The number of benzene rings is 1. The van der Waals surface area contributed by atoms with Crippen LogP contribution in [0.1, 0.15) is 42.9 Å². The van der Waals surface area contributed by atoms with Crippen LogP contribution in [0.4, 0.5) is 0 Å². The number of ketones is 1. The molecule has 6 heteroatoms. The van der Waals surface area contributed by atoms with Crippen LogP contribution in [0.15, 0.2) is 18.2 Å². The van der Waals surface area contributed by atoms with Crippen molar-refractivity contribution in [1.82, 2.24) is 9.36 Å². The maximum Gasteiger partial charge on any atom is 0.298 e. The van der Waals surface area contributed by atoms with Crippen molar-refractivity contribution in [2.24, 2.45) is 0 Å². The largest absolute Gasteiger partial charge is 0.428 e. The van der Waals surface area contributed by atoms with E-state index in [1.54, 1.807) is 18.2 Å². The van der Waals surface area contributed by atoms with Crippen molar-refractivity contribution in [3.8, 4) is 10.9 Å². The summed E-state index contributed by atoms with van der Waals surface area (Å²) < 4.78 is 9.77. The Morgan fingerprint density at radius 3 is 2.68 bits per heavy atom. The standard InChI is InChI=1S/C13H13ClN2O2S/c1-7(2)12-15-13(19-16-12)18-11-5-4-9(8(3)17)6-10(11)14/h4-7H,1-3H3. The SMILES string of the molecule is CC(=O)c1ccc(Oc2nc(C(C)C)ns2)c(Cl)c1. The first kappa shape index (κ1) is 14.0. The summed E-state index contributed by atoms with van der Waals surface area (Å²) in [6.07, 6.45) is 0. The van der Waals surface area contributed by atoms with Crippen molar-refractivity contribution >= 4 is 28.9 Å². The summed E-state index contributed by atoms with van der Waals surface area (Å²) in [6.45, 7) is 5.52. The van der Waals surface area contributed by atoms with Crippen LogP contribution in [-0.2, 0) is 0 Å². The molecule has 0 fully saturated rings. The number of ether oxygens (including phenoxy) is 1. The summed E-state index contributed by atoms with van der Waals surface area (Å²) in [6, 6.07) is 4.92. The molecular weight excluding hydrogens is 284 g/mol. The van der Waals surface area contributed by atoms with E-state index in [1.165, 1.54) is 18.5 Å². The Morgan fingerprint density at radius 1 is 1.42 bits per heavy atom. The quantitative estimate of drug-likeness (QED) is 0.789. The van der Waals surface area contributed by atoms with Crippen molar-refractivity contribution < 1.29 is 9.53 Å². The number of carbonyl (C=O) groups excluding carboxylic acids is 1. The second-order valence-corrected chi connectivity index (χ2v) is 5.50. The third-order valence-corrected chi connectivity index (χ3v) is 3.38. The first-order valence-electron chi connectivity index (χ1n) is 5.79. The number of halogens is 1. The molecule has 0 saturated carbocycles. The second-order valence-electron chi connectivity index (χ2n) is 4.38. The van der Waals surface area contributed by atoms with Crippen molar-refractivity contribution in [2.75, 3.05) is 0 Å². The second kappa shape index (κ2) is 5.67. The lowest BCUT2D eigenvalue weighted by atomic mass is 10.1. The monoisotopic (exact) mass is 296 g/mol. The van der Waals surface area contributed by atoms with Gasteiger partial charge < -0.3 is 4.74 Å². The molecule has 100 valence electrons. The molecule has 0 unspecified atom stereocenters. The topological polar surface area (TPSA) is 52.1 Å². The van der Waals surface area contributed by atoms with Crippen LogP contribution in [0.2, 0.25) is 5.02 Å². The molecule has 0 radical (unpaired) electrons. The van der Waals surface area contributed by atoms with Crippen LogP contribution in [0.25, 0.3) is 0 Å². The molecule has 1 aromatic heterocycles. The Hall–Kier alpha value is -1.46. The summed E-state index contributed by atoms with van der Waals surface area (Å²) in [4.78, 5) is 15.5. The predicted octanol–water partition coefficient (Wildman–Crippen LogP) is 4.31. The van der Waals surface area contributed by atoms with E-state index in [2.05, 4.69) is 9.36 Å².